The third kappa shape index (κ3) is 3.91. The van der Waals surface area contributed by atoms with Crippen molar-refractivity contribution in [1.82, 2.24) is 9.21 Å². The lowest BCUT2D eigenvalue weighted by Crippen LogP contribution is -2.38. The Bertz CT molecular complexity index is 674. The first-order chi connectivity index (χ1) is 11.0. The predicted molar refractivity (Wildman–Crippen MR) is 101 cm³/mol. The molecule has 2 aliphatic heterocycles. The molecule has 2 aliphatic rings. The van der Waals surface area contributed by atoms with Crippen molar-refractivity contribution >= 4 is 51.4 Å². The number of nitrogens with two attached hydrogens (primary N) is 1. The van der Waals surface area contributed by atoms with Gasteiger partial charge in [0, 0.05) is 37.7 Å². The topological polar surface area (TPSA) is 83.7 Å². The molecular weight excluding hydrogens is 390 g/mol. The molecule has 0 aliphatic carbocycles. The first kappa shape index (κ1) is 20.0. The van der Waals surface area contributed by atoms with Gasteiger partial charge in [-0.15, -0.1) is 23.7 Å². The summed E-state index contributed by atoms with van der Waals surface area (Å²) >= 11 is 2.97. The molecule has 1 aromatic heterocycles. The van der Waals surface area contributed by atoms with Crippen LogP contribution in [0.1, 0.15) is 16.1 Å². The Morgan fingerprint density at radius 3 is 2.62 bits per heavy atom. The first-order valence-corrected chi connectivity index (χ1v) is 11.2. The Morgan fingerprint density at radius 2 is 2.00 bits per heavy atom. The van der Waals surface area contributed by atoms with E-state index in [0.717, 1.165) is 17.9 Å². The molecule has 136 valence electrons. The number of halogens is 1. The van der Waals surface area contributed by atoms with Gasteiger partial charge in [0.05, 0.1) is 0 Å². The van der Waals surface area contributed by atoms with E-state index < -0.39 is 10.0 Å². The maximum Gasteiger partial charge on any atom is 0.265 e. The maximum atomic E-state index is 12.8. The fourth-order valence-electron chi connectivity index (χ4n) is 2.94. The van der Waals surface area contributed by atoms with E-state index in [-0.39, 0.29) is 23.2 Å². The zero-order valence-corrected chi connectivity index (χ0v) is 16.5. The van der Waals surface area contributed by atoms with Crippen molar-refractivity contribution in [3.05, 3.63) is 16.3 Å². The first-order valence-electron chi connectivity index (χ1n) is 7.68. The Morgan fingerprint density at radius 1 is 1.29 bits per heavy atom. The minimum absolute atomic E-state index is 0. The quantitative estimate of drug-likeness (QED) is 0.807. The second-order valence-electron chi connectivity index (χ2n) is 5.77. The van der Waals surface area contributed by atoms with Gasteiger partial charge in [-0.1, -0.05) is 0 Å². The summed E-state index contributed by atoms with van der Waals surface area (Å²) in [7, 11) is -3.58. The molecule has 6 nitrogen and oxygen atoms in total. The van der Waals surface area contributed by atoms with Crippen LogP contribution in [0.3, 0.4) is 0 Å². The normalized spacial score (nSPS) is 22.4. The summed E-state index contributed by atoms with van der Waals surface area (Å²) in [4.78, 5) is 15.0. The van der Waals surface area contributed by atoms with Crippen molar-refractivity contribution in [2.75, 3.05) is 44.2 Å². The lowest BCUT2D eigenvalue weighted by molar-refractivity contribution is 0.0789. The Labute approximate surface area is 157 Å². The number of thioether (sulfide) groups is 1. The number of nitrogens with zero attached hydrogens (tertiary/aromatic N) is 2. The molecule has 0 radical (unpaired) electrons. The molecule has 0 aromatic carbocycles. The highest BCUT2D eigenvalue weighted by molar-refractivity contribution is 7.99. The molecule has 1 unspecified atom stereocenters. The van der Waals surface area contributed by atoms with Crippen LogP contribution in [0.25, 0.3) is 0 Å². The third-order valence-corrected chi connectivity index (χ3v) is 8.23. The van der Waals surface area contributed by atoms with Crippen LogP contribution in [-0.4, -0.2) is 67.8 Å². The number of sulfonamides is 1. The molecule has 2 N–H and O–H groups in total. The van der Waals surface area contributed by atoms with Gasteiger partial charge >= 0.3 is 0 Å². The highest BCUT2D eigenvalue weighted by atomic mass is 35.5. The molecule has 3 heterocycles. The maximum absolute atomic E-state index is 12.8. The molecule has 2 fully saturated rings. The number of carbonyl (C=O) groups is 1. The van der Waals surface area contributed by atoms with Crippen LogP contribution in [0.2, 0.25) is 0 Å². The van der Waals surface area contributed by atoms with Gasteiger partial charge in [0.2, 0.25) is 10.0 Å². The summed E-state index contributed by atoms with van der Waals surface area (Å²) in [6, 6.07) is 1.56. The highest BCUT2D eigenvalue weighted by Gasteiger charge is 2.34. The van der Waals surface area contributed by atoms with Crippen LogP contribution >= 0.6 is 35.5 Å². The molecule has 24 heavy (non-hydrogen) atoms. The van der Waals surface area contributed by atoms with Crippen LogP contribution in [-0.2, 0) is 10.0 Å². The van der Waals surface area contributed by atoms with Gasteiger partial charge in [0.25, 0.3) is 5.91 Å². The SMILES string of the molecule is Cl.NCC1CCN(C(=O)c2sccc2S(=O)(=O)N2CCSCC2)C1. The van der Waals surface area contributed by atoms with Crippen LogP contribution in [0.4, 0.5) is 0 Å². The molecular formula is C14H22ClN3O3S3. The standard InChI is InChI=1S/C14H21N3O3S3.ClH/c15-9-11-1-3-16(10-11)14(18)13-12(2-6-22-13)23(19,20)17-4-7-21-8-5-17;/h2,6,11H,1,3-5,7-10,15H2;1H. The Balaban J connectivity index is 0.00000208. The predicted octanol–water partition coefficient (Wildman–Crippen LogP) is 1.33. The van der Waals surface area contributed by atoms with Crippen LogP contribution in [0.5, 0.6) is 0 Å². The summed E-state index contributed by atoms with van der Waals surface area (Å²) < 4.78 is 27.2. The average molecular weight is 412 g/mol. The van der Waals surface area contributed by atoms with Crippen molar-refractivity contribution in [2.24, 2.45) is 11.7 Å². The zero-order valence-electron chi connectivity index (χ0n) is 13.2. The molecule has 1 amide bonds. The van der Waals surface area contributed by atoms with Crippen molar-refractivity contribution in [3.8, 4) is 0 Å². The molecule has 1 atom stereocenters. The van der Waals surface area contributed by atoms with Gasteiger partial charge in [-0.3, -0.25) is 4.79 Å². The van der Waals surface area contributed by atoms with Crippen LogP contribution in [0.15, 0.2) is 16.3 Å². The number of rotatable bonds is 4. The van der Waals surface area contributed by atoms with E-state index in [9.17, 15) is 13.2 Å². The van der Waals surface area contributed by atoms with Crippen molar-refractivity contribution < 1.29 is 13.2 Å². The second kappa shape index (κ2) is 8.37. The molecule has 2 saturated heterocycles. The lowest BCUT2D eigenvalue weighted by Gasteiger charge is -2.26. The van der Waals surface area contributed by atoms with Gasteiger partial charge in [-0.2, -0.15) is 16.1 Å². The molecule has 10 heteroatoms. The summed E-state index contributed by atoms with van der Waals surface area (Å²) in [5, 5.41) is 1.69. The van der Waals surface area contributed by atoms with E-state index in [1.165, 1.54) is 15.6 Å². The van der Waals surface area contributed by atoms with Gasteiger partial charge in [-0.25, -0.2) is 8.42 Å². The average Bonchev–Trinajstić information content (AvgIpc) is 3.24. The molecule has 0 saturated carbocycles. The monoisotopic (exact) mass is 411 g/mol. The van der Waals surface area contributed by atoms with E-state index >= 15 is 0 Å². The van der Waals surface area contributed by atoms with E-state index in [0.29, 0.717) is 43.5 Å². The van der Waals surface area contributed by atoms with Gasteiger partial charge in [0.1, 0.15) is 9.77 Å². The number of hydrogen-bond donors (Lipinski definition) is 1. The number of thiophene rings is 1. The number of likely N-dealkylation sites (tertiary alicyclic amines) is 1. The van der Waals surface area contributed by atoms with Gasteiger partial charge < -0.3 is 10.6 Å². The number of amides is 1. The largest absolute Gasteiger partial charge is 0.338 e. The van der Waals surface area contributed by atoms with Crippen molar-refractivity contribution in [3.63, 3.8) is 0 Å². The number of hydrogen-bond acceptors (Lipinski definition) is 6. The molecule has 1 aromatic rings. The molecule has 3 rings (SSSR count). The van der Waals surface area contributed by atoms with E-state index in [2.05, 4.69) is 0 Å². The van der Waals surface area contributed by atoms with Crippen molar-refractivity contribution in [1.29, 1.82) is 0 Å². The summed E-state index contributed by atoms with van der Waals surface area (Å²) in [6.07, 6.45) is 0.888. The van der Waals surface area contributed by atoms with E-state index in [1.54, 1.807) is 28.1 Å². The van der Waals surface area contributed by atoms with E-state index in [4.69, 9.17) is 5.73 Å². The van der Waals surface area contributed by atoms with Gasteiger partial charge in [0.15, 0.2) is 0 Å². The second-order valence-corrected chi connectivity index (χ2v) is 9.82. The highest BCUT2D eigenvalue weighted by Crippen LogP contribution is 2.29. The minimum atomic E-state index is -3.58. The fraction of sp³-hybridized carbons (Fsp3) is 0.643. The Kier molecular flexibility index (Phi) is 6.98. The fourth-order valence-corrected chi connectivity index (χ4v) is 6.87. The smallest absolute Gasteiger partial charge is 0.265 e. The van der Waals surface area contributed by atoms with Crippen LogP contribution in [0, 0.1) is 5.92 Å². The number of carbonyl (C=O) groups excluding carboxylic acids is 1. The summed E-state index contributed by atoms with van der Waals surface area (Å²) in [5.74, 6) is 1.74. The minimum Gasteiger partial charge on any atom is -0.338 e. The van der Waals surface area contributed by atoms with Crippen LogP contribution < -0.4 is 5.73 Å². The Hall–Kier alpha value is -0.320. The molecule has 0 spiro atoms. The van der Waals surface area contributed by atoms with Gasteiger partial charge in [-0.05, 0) is 30.3 Å². The molecule has 0 bridgehead atoms. The lowest BCUT2D eigenvalue weighted by atomic mass is 10.1. The summed E-state index contributed by atoms with van der Waals surface area (Å²) in [5.41, 5.74) is 5.67. The van der Waals surface area contributed by atoms with E-state index in [1.807, 2.05) is 0 Å². The summed E-state index contributed by atoms with van der Waals surface area (Å²) in [6.45, 7) is 2.85. The van der Waals surface area contributed by atoms with Crippen molar-refractivity contribution in [2.45, 2.75) is 11.3 Å². The third-order valence-electron chi connectivity index (χ3n) is 4.32. The zero-order chi connectivity index (χ0) is 16.4.